The highest BCUT2D eigenvalue weighted by Gasteiger charge is 2.19. The number of rotatable bonds is 5. The summed E-state index contributed by atoms with van der Waals surface area (Å²) in [6.07, 6.45) is 4.82. The predicted molar refractivity (Wildman–Crippen MR) is 92.9 cm³/mol. The average molecular weight is 331 g/mol. The molecule has 1 aliphatic carbocycles. The molecule has 122 valence electrons. The van der Waals surface area contributed by atoms with Crippen molar-refractivity contribution in [3.05, 3.63) is 40.1 Å². The van der Waals surface area contributed by atoms with Gasteiger partial charge < -0.3 is 14.8 Å². The number of ether oxygens (including phenoxy) is 2. The van der Waals surface area contributed by atoms with Gasteiger partial charge in [0.1, 0.15) is 0 Å². The van der Waals surface area contributed by atoms with Gasteiger partial charge in [0, 0.05) is 11.8 Å². The number of carbonyl (C=O) groups excluding carboxylic acids is 1. The number of benzene rings is 1. The number of amides is 1. The molecule has 0 bridgehead atoms. The zero-order valence-corrected chi connectivity index (χ0v) is 14.2. The Bertz CT molecular complexity index is 689. The number of hydrogen-bond donors (Lipinski definition) is 1. The molecule has 1 aliphatic rings. The standard InChI is InChI=1S/C18H21NO3S/c1-12-9-10-23-17(12)18(20)19-13-7-8-15(21-2)16(11-13)22-14-5-3-4-6-14/h7-11,14H,3-6H2,1-2H3,(H,19,20). The van der Waals surface area contributed by atoms with Gasteiger partial charge in [0.15, 0.2) is 11.5 Å². The van der Waals surface area contributed by atoms with Gasteiger partial charge in [-0.3, -0.25) is 4.79 Å². The van der Waals surface area contributed by atoms with E-state index in [2.05, 4.69) is 5.32 Å². The van der Waals surface area contributed by atoms with E-state index >= 15 is 0 Å². The SMILES string of the molecule is COc1ccc(NC(=O)c2sccc2C)cc1OC1CCCC1. The first kappa shape index (κ1) is 15.9. The molecule has 1 aromatic carbocycles. The number of thiophene rings is 1. The summed E-state index contributed by atoms with van der Waals surface area (Å²) in [6, 6.07) is 7.46. The minimum Gasteiger partial charge on any atom is -0.493 e. The van der Waals surface area contributed by atoms with Gasteiger partial charge in [0.2, 0.25) is 0 Å². The molecule has 0 unspecified atom stereocenters. The van der Waals surface area contributed by atoms with Crippen LogP contribution in [-0.4, -0.2) is 19.1 Å². The zero-order valence-electron chi connectivity index (χ0n) is 13.4. The van der Waals surface area contributed by atoms with Gasteiger partial charge in [0.05, 0.1) is 18.1 Å². The molecule has 1 fully saturated rings. The maximum Gasteiger partial charge on any atom is 0.265 e. The van der Waals surface area contributed by atoms with Crippen molar-refractivity contribution < 1.29 is 14.3 Å². The molecule has 0 spiro atoms. The van der Waals surface area contributed by atoms with E-state index in [9.17, 15) is 4.79 Å². The van der Waals surface area contributed by atoms with Gasteiger partial charge in [-0.25, -0.2) is 0 Å². The van der Waals surface area contributed by atoms with Crippen LogP contribution in [0, 0.1) is 6.92 Å². The van der Waals surface area contributed by atoms with Crippen molar-refractivity contribution in [2.24, 2.45) is 0 Å². The lowest BCUT2D eigenvalue weighted by atomic mass is 10.2. The van der Waals surface area contributed by atoms with Crippen LogP contribution in [0.4, 0.5) is 5.69 Å². The smallest absolute Gasteiger partial charge is 0.265 e. The van der Waals surface area contributed by atoms with Crippen LogP contribution in [0.15, 0.2) is 29.6 Å². The van der Waals surface area contributed by atoms with E-state index in [0.717, 1.165) is 29.0 Å². The van der Waals surface area contributed by atoms with Gasteiger partial charge in [-0.05, 0) is 61.7 Å². The second-order valence-electron chi connectivity index (χ2n) is 5.78. The second-order valence-corrected chi connectivity index (χ2v) is 6.69. The molecule has 1 heterocycles. The van der Waals surface area contributed by atoms with E-state index in [1.165, 1.54) is 24.2 Å². The van der Waals surface area contributed by atoms with Gasteiger partial charge >= 0.3 is 0 Å². The third-order valence-corrected chi connectivity index (χ3v) is 5.10. The topological polar surface area (TPSA) is 47.6 Å². The van der Waals surface area contributed by atoms with Gasteiger partial charge in [0.25, 0.3) is 5.91 Å². The molecule has 1 aromatic heterocycles. The largest absolute Gasteiger partial charge is 0.493 e. The van der Waals surface area contributed by atoms with E-state index in [-0.39, 0.29) is 12.0 Å². The lowest BCUT2D eigenvalue weighted by molar-refractivity contribution is 0.103. The Labute approximate surface area is 140 Å². The van der Waals surface area contributed by atoms with Crippen molar-refractivity contribution in [2.75, 3.05) is 12.4 Å². The fourth-order valence-electron chi connectivity index (χ4n) is 2.83. The minimum atomic E-state index is -0.0884. The number of carbonyl (C=O) groups is 1. The fourth-order valence-corrected chi connectivity index (χ4v) is 3.65. The number of hydrogen-bond acceptors (Lipinski definition) is 4. The van der Waals surface area contributed by atoms with Crippen molar-refractivity contribution >= 4 is 22.9 Å². The monoisotopic (exact) mass is 331 g/mol. The number of aryl methyl sites for hydroxylation is 1. The normalized spacial score (nSPS) is 14.7. The summed E-state index contributed by atoms with van der Waals surface area (Å²) in [7, 11) is 1.63. The van der Waals surface area contributed by atoms with Crippen LogP contribution in [0.5, 0.6) is 11.5 Å². The first-order valence-electron chi connectivity index (χ1n) is 7.87. The highest BCUT2D eigenvalue weighted by Crippen LogP contribution is 2.34. The molecule has 0 radical (unpaired) electrons. The minimum absolute atomic E-state index is 0.0884. The highest BCUT2D eigenvalue weighted by molar-refractivity contribution is 7.12. The molecule has 4 nitrogen and oxygen atoms in total. The van der Waals surface area contributed by atoms with Crippen molar-refractivity contribution in [1.82, 2.24) is 0 Å². The Morgan fingerprint density at radius 3 is 2.65 bits per heavy atom. The van der Waals surface area contributed by atoms with Crippen LogP contribution in [0.2, 0.25) is 0 Å². The van der Waals surface area contributed by atoms with E-state index in [0.29, 0.717) is 11.5 Å². The molecule has 1 saturated carbocycles. The molecule has 0 saturated heterocycles. The predicted octanol–water partition coefficient (Wildman–Crippen LogP) is 4.64. The Kier molecular flexibility index (Phi) is 4.86. The van der Waals surface area contributed by atoms with E-state index in [1.54, 1.807) is 7.11 Å². The summed E-state index contributed by atoms with van der Waals surface area (Å²) in [6.45, 7) is 1.94. The number of anilines is 1. The molecular formula is C18H21NO3S. The lowest BCUT2D eigenvalue weighted by Crippen LogP contribution is -2.13. The van der Waals surface area contributed by atoms with Crippen LogP contribution < -0.4 is 14.8 Å². The second kappa shape index (κ2) is 7.04. The Balaban J connectivity index is 1.77. The van der Waals surface area contributed by atoms with Crippen molar-refractivity contribution in [3.8, 4) is 11.5 Å². The quantitative estimate of drug-likeness (QED) is 0.868. The third kappa shape index (κ3) is 3.67. The van der Waals surface area contributed by atoms with Crippen LogP contribution in [0.1, 0.15) is 40.9 Å². The van der Waals surface area contributed by atoms with Crippen molar-refractivity contribution in [2.45, 2.75) is 38.7 Å². The van der Waals surface area contributed by atoms with E-state index in [1.807, 2.05) is 36.6 Å². The van der Waals surface area contributed by atoms with Crippen molar-refractivity contribution in [3.63, 3.8) is 0 Å². The summed E-state index contributed by atoms with van der Waals surface area (Å²) in [4.78, 5) is 13.1. The Morgan fingerprint density at radius 2 is 2.00 bits per heavy atom. The van der Waals surface area contributed by atoms with E-state index in [4.69, 9.17) is 9.47 Å². The molecule has 1 amide bonds. The summed E-state index contributed by atoms with van der Waals surface area (Å²) < 4.78 is 11.4. The van der Waals surface area contributed by atoms with Crippen LogP contribution in [-0.2, 0) is 0 Å². The summed E-state index contributed by atoms with van der Waals surface area (Å²) in [5.74, 6) is 1.30. The van der Waals surface area contributed by atoms with Gasteiger partial charge in [-0.15, -0.1) is 11.3 Å². The highest BCUT2D eigenvalue weighted by atomic mass is 32.1. The Hall–Kier alpha value is -2.01. The molecule has 5 heteroatoms. The summed E-state index contributed by atoms with van der Waals surface area (Å²) in [5, 5.41) is 4.86. The zero-order chi connectivity index (χ0) is 16.2. The Morgan fingerprint density at radius 1 is 1.22 bits per heavy atom. The molecule has 0 atom stereocenters. The lowest BCUT2D eigenvalue weighted by Gasteiger charge is -2.17. The van der Waals surface area contributed by atoms with Crippen molar-refractivity contribution in [1.29, 1.82) is 0 Å². The average Bonchev–Trinajstić information content (AvgIpc) is 3.19. The molecule has 3 rings (SSSR count). The molecule has 1 N–H and O–H groups in total. The number of nitrogens with one attached hydrogen (secondary N) is 1. The third-order valence-electron chi connectivity index (χ3n) is 4.09. The summed E-state index contributed by atoms with van der Waals surface area (Å²) >= 11 is 1.45. The molecule has 23 heavy (non-hydrogen) atoms. The maximum absolute atomic E-state index is 12.3. The van der Waals surface area contributed by atoms with Crippen LogP contribution in [0.25, 0.3) is 0 Å². The molecule has 2 aromatic rings. The molecular weight excluding hydrogens is 310 g/mol. The van der Waals surface area contributed by atoms with Crippen LogP contribution in [0.3, 0.4) is 0 Å². The van der Waals surface area contributed by atoms with Gasteiger partial charge in [-0.1, -0.05) is 0 Å². The first-order chi connectivity index (χ1) is 11.2. The van der Waals surface area contributed by atoms with Crippen LogP contribution >= 0.6 is 11.3 Å². The first-order valence-corrected chi connectivity index (χ1v) is 8.75. The fraction of sp³-hybridized carbons (Fsp3) is 0.389. The maximum atomic E-state index is 12.3. The molecule has 0 aliphatic heterocycles. The van der Waals surface area contributed by atoms with Gasteiger partial charge in [-0.2, -0.15) is 0 Å². The van der Waals surface area contributed by atoms with E-state index < -0.39 is 0 Å². The number of methoxy groups -OCH3 is 1. The summed E-state index contributed by atoms with van der Waals surface area (Å²) in [5.41, 5.74) is 1.71.